The SMILES string of the molecule is COc1cc(NC(=O)[NH+]2CCC(F)(c3ncc(C(O)CO)cc3Cl)CC2)ccc1C(F)(F)F. The van der Waals surface area contributed by atoms with Crippen LogP contribution in [0.25, 0.3) is 0 Å². The zero-order valence-electron chi connectivity index (χ0n) is 17.5. The van der Waals surface area contributed by atoms with Crippen LogP contribution in [0.1, 0.15) is 35.8 Å². The smallest absolute Gasteiger partial charge is 0.419 e. The van der Waals surface area contributed by atoms with Crippen LogP contribution in [0.15, 0.2) is 30.5 Å². The topological polar surface area (TPSA) is 96.1 Å². The number of ether oxygens (including phenoxy) is 1. The standard InChI is InChI=1S/C21H22ClF4N3O4/c1-33-17-9-13(2-3-14(17)21(24,25)26)28-19(32)29-6-4-20(23,5-7-29)18-15(22)8-12(10-27-18)16(31)11-30/h2-3,8-10,16,30-31H,4-7,11H2,1H3,(H,28,32)/p+1. The zero-order valence-corrected chi connectivity index (χ0v) is 18.3. The van der Waals surface area contributed by atoms with Crippen LogP contribution < -0.4 is 15.0 Å². The Labute approximate surface area is 191 Å². The number of amides is 2. The van der Waals surface area contributed by atoms with Crippen molar-refractivity contribution in [3.05, 3.63) is 52.3 Å². The van der Waals surface area contributed by atoms with Crippen molar-refractivity contribution in [1.82, 2.24) is 4.98 Å². The summed E-state index contributed by atoms with van der Waals surface area (Å²) in [7, 11) is 1.10. The predicted molar refractivity (Wildman–Crippen MR) is 111 cm³/mol. The molecule has 12 heteroatoms. The molecule has 2 heterocycles. The Morgan fingerprint density at radius 3 is 2.55 bits per heavy atom. The average molecular weight is 493 g/mol. The molecule has 0 spiro atoms. The number of rotatable bonds is 5. The maximum atomic E-state index is 15.6. The molecule has 180 valence electrons. The van der Waals surface area contributed by atoms with Crippen molar-refractivity contribution in [3.8, 4) is 5.75 Å². The lowest BCUT2D eigenvalue weighted by Gasteiger charge is -2.32. The molecular formula is C21H23ClF4N3O4+. The number of methoxy groups -OCH3 is 1. The van der Waals surface area contributed by atoms with Crippen LogP contribution in [0, 0.1) is 0 Å². The summed E-state index contributed by atoms with van der Waals surface area (Å²) >= 11 is 6.16. The molecule has 1 saturated heterocycles. The first kappa shape index (κ1) is 25.2. The van der Waals surface area contributed by atoms with Crippen molar-refractivity contribution in [2.24, 2.45) is 0 Å². The summed E-state index contributed by atoms with van der Waals surface area (Å²) in [5, 5.41) is 21.2. The molecule has 0 bridgehead atoms. The minimum Gasteiger partial charge on any atom is -0.496 e. The molecule has 4 N–H and O–H groups in total. The minimum absolute atomic E-state index is 0.00671. The van der Waals surface area contributed by atoms with Crippen LogP contribution >= 0.6 is 11.6 Å². The summed E-state index contributed by atoms with van der Waals surface area (Å²) in [6, 6.07) is 3.85. The van der Waals surface area contributed by atoms with Gasteiger partial charge in [-0.1, -0.05) is 11.6 Å². The van der Waals surface area contributed by atoms with E-state index in [1.807, 2.05) is 0 Å². The third kappa shape index (κ3) is 5.55. The fourth-order valence-corrected chi connectivity index (χ4v) is 4.05. The number of urea groups is 1. The minimum atomic E-state index is -4.60. The number of nitrogens with zero attached hydrogens (tertiary/aromatic N) is 1. The number of aromatic nitrogens is 1. The number of aliphatic hydroxyl groups excluding tert-OH is 2. The second-order valence-electron chi connectivity index (χ2n) is 7.73. The van der Waals surface area contributed by atoms with E-state index in [4.69, 9.17) is 21.4 Å². The molecule has 1 aliphatic heterocycles. The van der Waals surface area contributed by atoms with E-state index in [-0.39, 0.29) is 47.9 Å². The molecule has 1 aromatic heterocycles. The zero-order chi connectivity index (χ0) is 24.4. The average Bonchev–Trinajstić information content (AvgIpc) is 2.77. The molecule has 1 fully saturated rings. The lowest BCUT2D eigenvalue weighted by Crippen LogP contribution is -3.16. The number of halogens is 5. The third-order valence-electron chi connectivity index (χ3n) is 5.58. The van der Waals surface area contributed by atoms with Crippen molar-refractivity contribution < 1.29 is 42.2 Å². The molecule has 0 saturated carbocycles. The van der Waals surface area contributed by atoms with Crippen LogP contribution in [0.2, 0.25) is 5.02 Å². The second-order valence-corrected chi connectivity index (χ2v) is 8.14. The largest absolute Gasteiger partial charge is 0.496 e. The summed E-state index contributed by atoms with van der Waals surface area (Å²) in [5.74, 6) is -0.424. The highest BCUT2D eigenvalue weighted by Gasteiger charge is 2.43. The van der Waals surface area contributed by atoms with Gasteiger partial charge in [-0.05, 0) is 18.2 Å². The van der Waals surface area contributed by atoms with Gasteiger partial charge in [-0.3, -0.25) is 15.2 Å². The highest BCUT2D eigenvalue weighted by atomic mass is 35.5. The highest BCUT2D eigenvalue weighted by Crippen LogP contribution is 2.38. The number of hydrogen-bond donors (Lipinski definition) is 4. The molecule has 33 heavy (non-hydrogen) atoms. The highest BCUT2D eigenvalue weighted by molar-refractivity contribution is 6.31. The van der Waals surface area contributed by atoms with E-state index in [9.17, 15) is 23.1 Å². The Morgan fingerprint density at radius 2 is 2.00 bits per heavy atom. The van der Waals surface area contributed by atoms with E-state index in [0.717, 1.165) is 25.3 Å². The van der Waals surface area contributed by atoms with Gasteiger partial charge < -0.3 is 14.9 Å². The maximum absolute atomic E-state index is 15.6. The molecule has 3 rings (SSSR count). The van der Waals surface area contributed by atoms with Crippen molar-refractivity contribution >= 4 is 23.3 Å². The van der Waals surface area contributed by atoms with Gasteiger partial charge in [0.05, 0.1) is 43.1 Å². The summed E-state index contributed by atoms with van der Waals surface area (Å²) in [5.41, 5.74) is -2.48. The summed E-state index contributed by atoms with van der Waals surface area (Å²) in [4.78, 5) is 17.0. The number of nitrogens with one attached hydrogen (secondary N) is 2. The number of hydrogen-bond acceptors (Lipinski definition) is 5. The van der Waals surface area contributed by atoms with Crippen LogP contribution in [0.4, 0.5) is 28.0 Å². The van der Waals surface area contributed by atoms with Crippen molar-refractivity contribution in [2.45, 2.75) is 30.8 Å². The van der Waals surface area contributed by atoms with Gasteiger partial charge in [-0.15, -0.1) is 0 Å². The third-order valence-corrected chi connectivity index (χ3v) is 5.86. The lowest BCUT2D eigenvalue weighted by atomic mass is 9.89. The molecule has 1 atom stereocenters. The number of piperidine rings is 1. The van der Waals surface area contributed by atoms with Crippen LogP contribution in [-0.2, 0) is 11.8 Å². The fraction of sp³-hybridized carbons (Fsp3) is 0.429. The molecule has 2 aromatic rings. The Morgan fingerprint density at radius 1 is 1.33 bits per heavy atom. The molecule has 0 aliphatic carbocycles. The number of benzene rings is 1. The number of likely N-dealkylation sites (tertiary alicyclic amines) is 1. The monoisotopic (exact) mass is 492 g/mol. The molecule has 0 radical (unpaired) electrons. The number of anilines is 1. The van der Waals surface area contributed by atoms with Crippen LogP contribution in [0.3, 0.4) is 0 Å². The number of quaternary nitrogens is 1. The van der Waals surface area contributed by atoms with Gasteiger partial charge in [0, 0.05) is 36.4 Å². The fourth-order valence-electron chi connectivity index (χ4n) is 3.70. The number of aliphatic hydroxyl groups is 2. The van der Waals surface area contributed by atoms with Crippen molar-refractivity contribution in [3.63, 3.8) is 0 Å². The van der Waals surface area contributed by atoms with E-state index in [2.05, 4.69) is 10.3 Å². The van der Waals surface area contributed by atoms with Gasteiger partial charge in [0.1, 0.15) is 11.9 Å². The van der Waals surface area contributed by atoms with Crippen molar-refractivity contribution in [2.75, 3.05) is 32.1 Å². The van der Waals surface area contributed by atoms with Gasteiger partial charge in [0.2, 0.25) is 0 Å². The summed E-state index contributed by atoms with van der Waals surface area (Å²) in [6.45, 7) is -0.339. The Balaban J connectivity index is 1.67. The first-order chi connectivity index (χ1) is 15.5. The normalized spacial score (nSPS) is 22.0. The second kappa shape index (κ2) is 9.80. The molecule has 2 amide bonds. The van der Waals surface area contributed by atoms with Gasteiger partial charge in [-0.2, -0.15) is 13.2 Å². The van der Waals surface area contributed by atoms with Gasteiger partial charge >= 0.3 is 12.2 Å². The van der Waals surface area contributed by atoms with E-state index in [1.54, 1.807) is 0 Å². The van der Waals surface area contributed by atoms with E-state index >= 15 is 4.39 Å². The van der Waals surface area contributed by atoms with E-state index < -0.39 is 41.9 Å². The predicted octanol–water partition coefficient (Wildman–Crippen LogP) is 2.86. The number of carbonyl (C=O) groups is 1. The van der Waals surface area contributed by atoms with E-state index in [1.165, 1.54) is 12.3 Å². The number of carbonyl (C=O) groups excluding carboxylic acids is 1. The van der Waals surface area contributed by atoms with Crippen molar-refractivity contribution in [1.29, 1.82) is 0 Å². The summed E-state index contributed by atoms with van der Waals surface area (Å²) < 4.78 is 59.3. The number of pyridine rings is 1. The van der Waals surface area contributed by atoms with Gasteiger partial charge in [-0.25, -0.2) is 9.18 Å². The molecule has 1 aromatic carbocycles. The van der Waals surface area contributed by atoms with Gasteiger partial charge in [0.15, 0.2) is 5.67 Å². The Hall–Kier alpha value is -2.47. The molecular weight excluding hydrogens is 470 g/mol. The number of alkyl halides is 4. The first-order valence-electron chi connectivity index (χ1n) is 10.0. The summed E-state index contributed by atoms with van der Waals surface area (Å²) in [6.07, 6.45) is -4.67. The van der Waals surface area contributed by atoms with E-state index in [0.29, 0.717) is 4.90 Å². The Bertz CT molecular complexity index is 1010. The van der Waals surface area contributed by atoms with Crippen LogP contribution in [0.5, 0.6) is 5.75 Å². The molecule has 7 nitrogen and oxygen atoms in total. The molecule has 1 aliphatic rings. The van der Waals surface area contributed by atoms with Crippen LogP contribution in [-0.4, -0.2) is 48.0 Å². The Kier molecular flexibility index (Phi) is 7.47. The molecule has 1 unspecified atom stereocenters. The maximum Gasteiger partial charge on any atom is 0.419 e. The quantitative estimate of drug-likeness (QED) is 0.481. The van der Waals surface area contributed by atoms with Gasteiger partial charge in [0.25, 0.3) is 0 Å². The lowest BCUT2D eigenvalue weighted by molar-refractivity contribution is -0.822. The first-order valence-corrected chi connectivity index (χ1v) is 10.4.